The van der Waals surface area contributed by atoms with Gasteiger partial charge >= 0.3 is 5.97 Å². The van der Waals surface area contributed by atoms with Gasteiger partial charge in [-0.15, -0.1) is 0 Å². The van der Waals surface area contributed by atoms with E-state index in [-0.39, 0.29) is 18.8 Å². The Hall–Kier alpha value is -2.06. The molecule has 21 heavy (non-hydrogen) atoms. The van der Waals surface area contributed by atoms with Crippen LogP contribution in [0.1, 0.15) is 0 Å². The molecule has 1 amide bonds. The Balaban J connectivity index is 1.97. The molecule has 0 aromatic heterocycles. The Morgan fingerprint density at radius 1 is 1.38 bits per heavy atom. The molecule has 0 radical (unpaired) electrons. The molecule has 0 bridgehead atoms. The SMILES string of the molecule is O=C(CN1CCNCC1C(=O)O)Nc1ccc(F)c(F)c1. The van der Waals surface area contributed by atoms with Gasteiger partial charge < -0.3 is 15.7 Å². The number of hydrogen-bond donors (Lipinski definition) is 3. The number of anilines is 1. The van der Waals surface area contributed by atoms with Gasteiger partial charge in [0.15, 0.2) is 11.6 Å². The number of carboxylic acid groups (broad SMARTS) is 1. The van der Waals surface area contributed by atoms with Gasteiger partial charge in [0.2, 0.25) is 5.91 Å². The number of aliphatic carboxylic acids is 1. The highest BCUT2D eigenvalue weighted by Crippen LogP contribution is 2.13. The standard InChI is InChI=1S/C13H15F2N3O3/c14-9-2-1-8(5-10(9)15)17-12(19)7-18-4-3-16-6-11(18)13(20)21/h1-2,5,11,16H,3-4,6-7H2,(H,17,19)(H,20,21). The van der Waals surface area contributed by atoms with Crippen LogP contribution in [0.3, 0.4) is 0 Å². The first-order valence-corrected chi connectivity index (χ1v) is 6.40. The number of halogens is 2. The molecule has 1 heterocycles. The summed E-state index contributed by atoms with van der Waals surface area (Å²) in [6.07, 6.45) is 0. The maximum atomic E-state index is 13.0. The highest BCUT2D eigenvalue weighted by atomic mass is 19.2. The lowest BCUT2D eigenvalue weighted by Gasteiger charge is -2.32. The van der Waals surface area contributed by atoms with Crippen molar-refractivity contribution in [3.63, 3.8) is 0 Å². The normalized spacial score (nSPS) is 19.2. The van der Waals surface area contributed by atoms with Gasteiger partial charge in [-0.05, 0) is 12.1 Å². The van der Waals surface area contributed by atoms with E-state index in [0.717, 1.165) is 12.1 Å². The van der Waals surface area contributed by atoms with E-state index in [1.165, 1.54) is 11.0 Å². The lowest BCUT2D eigenvalue weighted by atomic mass is 10.2. The second-order valence-electron chi connectivity index (χ2n) is 4.71. The van der Waals surface area contributed by atoms with Crippen molar-refractivity contribution in [1.82, 2.24) is 10.2 Å². The zero-order valence-corrected chi connectivity index (χ0v) is 11.1. The summed E-state index contributed by atoms with van der Waals surface area (Å²) >= 11 is 0. The summed E-state index contributed by atoms with van der Waals surface area (Å²) in [7, 11) is 0. The highest BCUT2D eigenvalue weighted by Gasteiger charge is 2.29. The number of amides is 1. The summed E-state index contributed by atoms with van der Waals surface area (Å²) in [5.74, 6) is -3.54. The summed E-state index contributed by atoms with van der Waals surface area (Å²) in [6, 6.07) is 2.24. The van der Waals surface area contributed by atoms with Crippen LogP contribution >= 0.6 is 0 Å². The summed E-state index contributed by atoms with van der Waals surface area (Å²) in [6.45, 7) is 1.13. The Kier molecular flexibility index (Phi) is 4.81. The van der Waals surface area contributed by atoms with E-state index in [1.54, 1.807) is 0 Å². The number of benzene rings is 1. The van der Waals surface area contributed by atoms with Gasteiger partial charge in [0.25, 0.3) is 0 Å². The molecule has 1 atom stereocenters. The van der Waals surface area contributed by atoms with E-state index in [2.05, 4.69) is 10.6 Å². The van der Waals surface area contributed by atoms with Crippen LogP contribution in [0.5, 0.6) is 0 Å². The Morgan fingerprint density at radius 3 is 2.81 bits per heavy atom. The van der Waals surface area contributed by atoms with Gasteiger partial charge in [0.1, 0.15) is 6.04 Å². The van der Waals surface area contributed by atoms with Crippen LogP contribution in [0.4, 0.5) is 14.5 Å². The van der Waals surface area contributed by atoms with Gasteiger partial charge in [-0.25, -0.2) is 8.78 Å². The molecule has 1 aliphatic heterocycles. The quantitative estimate of drug-likeness (QED) is 0.743. The number of rotatable bonds is 4. The Morgan fingerprint density at radius 2 is 2.14 bits per heavy atom. The van der Waals surface area contributed by atoms with Crippen molar-refractivity contribution < 1.29 is 23.5 Å². The van der Waals surface area contributed by atoms with Crippen LogP contribution in [-0.4, -0.2) is 54.1 Å². The van der Waals surface area contributed by atoms with E-state index >= 15 is 0 Å². The predicted molar refractivity (Wildman–Crippen MR) is 70.9 cm³/mol. The number of hydrogen-bond acceptors (Lipinski definition) is 4. The van der Waals surface area contributed by atoms with Crippen LogP contribution in [-0.2, 0) is 9.59 Å². The first-order valence-electron chi connectivity index (χ1n) is 6.40. The summed E-state index contributed by atoms with van der Waals surface area (Å²) in [4.78, 5) is 24.5. The molecule has 1 aromatic carbocycles. The first-order chi connectivity index (χ1) is 9.97. The number of nitrogens with one attached hydrogen (secondary N) is 2. The second-order valence-corrected chi connectivity index (χ2v) is 4.71. The average molecular weight is 299 g/mol. The molecular weight excluding hydrogens is 284 g/mol. The highest BCUT2D eigenvalue weighted by molar-refractivity contribution is 5.92. The Bertz CT molecular complexity index is 553. The van der Waals surface area contributed by atoms with Crippen molar-refractivity contribution in [2.75, 3.05) is 31.5 Å². The zero-order valence-electron chi connectivity index (χ0n) is 11.1. The molecular formula is C13H15F2N3O3. The van der Waals surface area contributed by atoms with Crippen molar-refractivity contribution >= 4 is 17.6 Å². The van der Waals surface area contributed by atoms with Gasteiger partial charge in [0, 0.05) is 31.4 Å². The maximum absolute atomic E-state index is 13.0. The molecule has 8 heteroatoms. The van der Waals surface area contributed by atoms with Crippen LogP contribution in [0, 0.1) is 11.6 Å². The minimum absolute atomic E-state index is 0.126. The molecule has 0 spiro atoms. The van der Waals surface area contributed by atoms with Crippen molar-refractivity contribution in [2.24, 2.45) is 0 Å². The molecule has 3 N–H and O–H groups in total. The minimum Gasteiger partial charge on any atom is -0.480 e. The average Bonchev–Trinajstić information content (AvgIpc) is 2.43. The van der Waals surface area contributed by atoms with Crippen LogP contribution in [0.2, 0.25) is 0 Å². The topological polar surface area (TPSA) is 81.7 Å². The third kappa shape index (κ3) is 3.96. The largest absolute Gasteiger partial charge is 0.480 e. The molecule has 2 rings (SSSR count). The second kappa shape index (κ2) is 6.59. The van der Waals surface area contributed by atoms with Crippen molar-refractivity contribution in [2.45, 2.75) is 6.04 Å². The molecule has 0 aliphatic carbocycles. The van der Waals surface area contributed by atoms with Crippen molar-refractivity contribution in [3.05, 3.63) is 29.8 Å². The summed E-state index contributed by atoms with van der Waals surface area (Å²) < 4.78 is 25.8. The minimum atomic E-state index is -1.06. The number of nitrogens with zero attached hydrogens (tertiary/aromatic N) is 1. The summed E-state index contributed by atoms with van der Waals surface area (Å²) in [5.41, 5.74) is 0.126. The van der Waals surface area contributed by atoms with Crippen molar-refractivity contribution in [1.29, 1.82) is 0 Å². The van der Waals surface area contributed by atoms with E-state index in [9.17, 15) is 18.4 Å². The van der Waals surface area contributed by atoms with E-state index in [1.807, 2.05) is 0 Å². The third-order valence-electron chi connectivity index (χ3n) is 3.19. The lowest BCUT2D eigenvalue weighted by molar-refractivity contribution is -0.144. The fraction of sp³-hybridized carbons (Fsp3) is 0.385. The van der Waals surface area contributed by atoms with E-state index < -0.39 is 29.6 Å². The third-order valence-corrected chi connectivity index (χ3v) is 3.19. The molecule has 114 valence electrons. The summed E-state index contributed by atoms with van der Waals surface area (Å²) in [5, 5.41) is 14.4. The number of carboxylic acids is 1. The molecule has 1 unspecified atom stereocenters. The molecule has 0 saturated carbocycles. The molecule has 1 saturated heterocycles. The van der Waals surface area contributed by atoms with E-state index in [4.69, 9.17) is 5.11 Å². The van der Waals surface area contributed by atoms with Crippen LogP contribution in [0.15, 0.2) is 18.2 Å². The predicted octanol–water partition coefficient (Wildman–Crippen LogP) is 0.262. The fourth-order valence-corrected chi connectivity index (χ4v) is 2.14. The van der Waals surface area contributed by atoms with Gasteiger partial charge in [0.05, 0.1) is 6.54 Å². The molecule has 6 nitrogen and oxygen atoms in total. The first kappa shape index (κ1) is 15.3. The smallest absolute Gasteiger partial charge is 0.322 e. The van der Waals surface area contributed by atoms with Gasteiger partial charge in [-0.1, -0.05) is 0 Å². The van der Waals surface area contributed by atoms with E-state index in [0.29, 0.717) is 13.1 Å². The monoisotopic (exact) mass is 299 g/mol. The molecule has 1 aliphatic rings. The Labute approximate surface area is 119 Å². The fourth-order valence-electron chi connectivity index (χ4n) is 2.14. The lowest BCUT2D eigenvalue weighted by Crippen LogP contribution is -2.56. The van der Waals surface area contributed by atoms with Crippen LogP contribution in [0.25, 0.3) is 0 Å². The number of carbonyl (C=O) groups is 2. The van der Waals surface area contributed by atoms with Gasteiger partial charge in [-0.3, -0.25) is 14.5 Å². The van der Waals surface area contributed by atoms with Crippen molar-refractivity contribution in [3.8, 4) is 0 Å². The van der Waals surface area contributed by atoms with Crippen LogP contribution < -0.4 is 10.6 Å². The zero-order chi connectivity index (χ0) is 15.4. The molecule has 1 fully saturated rings. The number of piperazine rings is 1. The maximum Gasteiger partial charge on any atom is 0.322 e. The van der Waals surface area contributed by atoms with Gasteiger partial charge in [-0.2, -0.15) is 0 Å². The molecule has 1 aromatic rings. The number of carbonyl (C=O) groups excluding carboxylic acids is 1.